The van der Waals surface area contributed by atoms with Crippen LogP contribution in [0.5, 0.6) is 5.88 Å². The summed E-state index contributed by atoms with van der Waals surface area (Å²) >= 11 is 37.5. The quantitative estimate of drug-likeness (QED) is 0.0644. The van der Waals surface area contributed by atoms with Gasteiger partial charge in [0.1, 0.15) is 17.4 Å². The minimum atomic E-state index is -0.218. The number of carbonyl (C=O) groups is 5. The molecule has 0 atom stereocenters. The van der Waals surface area contributed by atoms with Crippen molar-refractivity contribution in [2.75, 3.05) is 33.7 Å². The number of anilines is 5. The summed E-state index contributed by atoms with van der Waals surface area (Å²) in [6.07, 6.45) is 8.29. The van der Waals surface area contributed by atoms with Crippen molar-refractivity contribution in [1.29, 1.82) is 0 Å². The molecular formula is C70H76Cl5N11O7S5. The zero-order chi connectivity index (χ0) is 72.2. The van der Waals surface area contributed by atoms with Crippen LogP contribution in [0.15, 0.2) is 120 Å². The number of ether oxygens (including phenoxy) is 1. The van der Waals surface area contributed by atoms with Crippen LogP contribution in [0.3, 0.4) is 0 Å². The van der Waals surface area contributed by atoms with Gasteiger partial charge in [-0.25, -0.2) is 9.97 Å². The van der Waals surface area contributed by atoms with Gasteiger partial charge in [0.2, 0.25) is 5.88 Å². The third-order valence-electron chi connectivity index (χ3n) is 13.1. The fourth-order valence-corrected chi connectivity index (χ4v) is 15.4. The molecule has 0 aliphatic heterocycles. The highest BCUT2D eigenvalue weighted by Crippen LogP contribution is 2.38. The van der Waals surface area contributed by atoms with Crippen molar-refractivity contribution in [3.8, 4) is 5.88 Å². The van der Waals surface area contributed by atoms with Crippen LogP contribution in [0.4, 0.5) is 28.7 Å². The van der Waals surface area contributed by atoms with Crippen molar-refractivity contribution >= 4 is 184 Å². The van der Waals surface area contributed by atoms with Gasteiger partial charge < -0.3 is 35.7 Å². The number of benzene rings is 1. The van der Waals surface area contributed by atoms with Gasteiger partial charge in [-0.15, -0.1) is 56.7 Å². The number of nitrogens with one attached hydrogen (secondary N) is 5. The van der Waals surface area contributed by atoms with Gasteiger partial charge in [0, 0.05) is 61.3 Å². The maximum atomic E-state index is 12.5. The number of aromatic nitrogens is 6. The number of nitrogens with zero attached hydrogens (tertiary/aromatic N) is 6. The fraction of sp³-hybridized carbons (Fsp3) is 0.286. The number of fused-ring (bicyclic) bond motifs is 1. The molecule has 0 saturated heterocycles. The number of amides is 5. The average molecular weight is 1520 g/mol. The Morgan fingerprint density at radius 1 is 0.500 bits per heavy atom. The van der Waals surface area contributed by atoms with E-state index in [1.54, 1.807) is 104 Å². The van der Waals surface area contributed by atoms with E-state index in [9.17, 15) is 24.0 Å². The van der Waals surface area contributed by atoms with Crippen molar-refractivity contribution in [2.24, 2.45) is 7.05 Å². The van der Waals surface area contributed by atoms with E-state index in [4.69, 9.17) is 67.2 Å². The van der Waals surface area contributed by atoms with Crippen molar-refractivity contribution in [1.82, 2.24) is 29.7 Å². The summed E-state index contributed by atoms with van der Waals surface area (Å²) in [6.45, 7) is 27.9. The number of rotatable bonds is 15. The lowest BCUT2D eigenvalue weighted by Crippen LogP contribution is -2.11. The maximum Gasteiger partial charge on any atom is 0.266 e. The highest BCUT2D eigenvalue weighted by molar-refractivity contribution is 7.16. The van der Waals surface area contributed by atoms with Crippen molar-refractivity contribution in [3.05, 3.63) is 207 Å². The Bertz CT molecular complexity index is 4490. The summed E-state index contributed by atoms with van der Waals surface area (Å²) in [5.41, 5.74) is 3.64. The molecule has 11 aromatic rings. The summed E-state index contributed by atoms with van der Waals surface area (Å²) < 4.78 is 12.3. The SMILES string of the molecule is CC.CC(C)c1sc(C(=O)Nc2ccn(C)n2)cc1Cl.COc1cccc(NC(=O)c2cc(Cl)c(C(C)C)s2)n1.Cc1cc2cccc(NC(=O)c3cc(Cl)c(C(C)C)s3)c2o1.Cc1cncc(NC(=O)c2cc(Cl)c(C(C)C)s2)c1.Cc1ncc(NC(=O)c2cc(Cl)c(C)s2)cn1. The first-order chi connectivity index (χ1) is 46.5. The number of pyridine rings is 2. The summed E-state index contributed by atoms with van der Waals surface area (Å²) in [5.74, 6) is 3.26. The number of hydrogen-bond acceptors (Lipinski definition) is 17. The molecule has 0 aliphatic rings. The van der Waals surface area contributed by atoms with Crippen LogP contribution >= 0.6 is 115 Å². The zero-order valence-electron chi connectivity index (χ0n) is 56.8. The van der Waals surface area contributed by atoms with Crippen LogP contribution in [0.1, 0.15) is 183 Å². The Balaban J connectivity index is 0.000000193. The molecule has 5 N–H and O–H groups in total. The molecule has 0 radical (unpaired) electrons. The molecule has 98 heavy (non-hydrogen) atoms. The van der Waals surface area contributed by atoms with Gasteiger partial charge in [0.05, 0.1) is 92.3 Å². The number of para-hydroxylation sites is 1. The number of aryl methyl sites for hydroxylation is 5. The summed E-state index contributed by atoms with van der Waals surface area (Å²) in [7, 11) is 3.33. The second-order valence-electron chi connectivity index (χ2n) is 22.5. The molecule has 10 heterocycles. The van der Waals surface area contributed by atoms with Gasteiger partial charge >= 0.3 is 0 Å². The second kappa shape index (κ2) is 37.6. The van der Waals surface area contributed by atoms with E-state index < -0.39 is 0 Å². The number of hydrogen-bond donors (Lipinski definition) is 5. The Hall–Kier alpha value is -7.55. The van der Waals surface area contributed by atoms with E-state index in [0.717, 1.165) is 41.1 Å². The normalized spacial score (nSPS) is 10.7. The molecule has 10 aromatic heterocycles. The molecule has 0 aliphatic carbocycles. The molecule has 0 saturated carbocycles. The predicted octanol–water partition coefficient (Wildman–Crippen LogP) is 22.1. The summed E-state index contributed by atoms with van der Waals surface area (Å²) in [5, 5.41) is 22.2. The van der Waals surface area contributed by atoms with Crippen LogP contribution < -0.4 is 31.3 Å². The predicted molar refractivity (Wildman–Crippen MR) is 410 cm³/mol. The smallest absolute Gasteiger partial charge is 0.266 e. The first kappa shape index (κ1) is 79.4. The van der Waals surface area contributed by atoms with Crippen molar-refractivity contribution in [3.63, 3.8) is 0 Å². The van der Waals surface area contributed by atoms with Crippen LogP contribution in [-0.4, -0.2) is 66.4 Å². The number of carbonyl (C=O) groups excluding carboxylic acids is 5. The number of thiophene rings is 5. The number of methoxy groups -OCH3 is 1. The van der Waals surface area contributed by atoms with E-state index in [0.29, 0.717) is 119 Å². The van der Waals surface area contributed by atoms with Crippen LogP contribution in [0.2, 0.25) is 25.1 Å². The zero-order valence-corrected chi connectivity index (χ0v) is 64.6. The number of furan rings is 1. The molecule has 0 fully saturated rings. The highest BCUT2D eigenvalue weighted by Gasteiger charge is 2.21. The molecule has 11 rings (SSSR count). The van der Waals surface area contributed by atoms with Gasteiger partial charge in [-0.05, 0) is 112 Å². The lowest BCUT2D eigenvalue weighted by molar-refractivity contribution is 0.102. The average Bonchev–Trinajstić information content (AvgIpc) is 1.73. The lowest BCUT2D eigenvalue weighted by atomic mass is 10.2. The highest BCUT2D eigenvalue weighted by atomic mass is 35.5. The monoisotopic (exact) mass is 1520 g/mol. The first-order valence-corrected chi connectivity index (χ1v) is 36.6. The van der Waals surface area contributed by atoms with Crippen molar-refractivity contribution in [2.45, 2.75) is 121 Å². The molecule has 518 valence electrons. The van der Waals surface area contributed by atoms with E-state index >= 15 is 0 Å². The molecule has 1 aromatic carbocycles. The van der Waals surface area contributed by atoms with Gasteiger partial charge in [-0.1, -0.05) is 145 Å². The molecule has 18 nitrogen and oxygen atoms in total. The van der Waals surface area contributed by atoms with Gasteiger partial charge in [0.15, 0.2) is 11.4 Å². The molecule has 0 spiro atoms. The van der Waals surface area contributed by atoms with E-state index in [2.05, 4.69) is 93.2 Å². The Morgan fingerprint density at radius 3 is 1.37 bits per heavy atom. The molecular weight excluding hydrogens is 1440 g/mol. The number of halogens is 5. The Kier molecular flexibility index (Phi) is 30.5. The lowest BCUT2D eigenvalue weighted by Gasteiger charge is -2.04. The first-order valence-electron chi connectivity index (χ1n) is 30.7. The molecule has 0 unspecified atom stereocenters. The van der Waals surface area contributed by atoms with E-state index in [-0.39, 0.29) is 29.5 Å². The van der Waals surface area contributed by atoms with E-state index in [1.165, 1.54) is 63.8 Å². The maximum absolute atomic E-state index is 12.5. The van der Waals surface area contributed by atoms with Crippen LogP contribution in [-0.2, 0) is 7.05 Å². The molecule has 0 bridgehead atoms. The summed E-state index contributed by atoms with van der Waals surface area (Å²) in [4.78, 5) is 84.8. The standard InChI is InChI=1S/C17H16ClNO2S.C14H15ClN2O2S.C14H15ClN2OS.C12H14ClN3OS.C11H10ClN3OS.C2H6/c1-9(2)16-12(18)8-14(22-16)17(20)19-13-6-4-5-11-7-10(3)21-15(11)13;1-8(2)13-9(15)7-10(20-13)14(18)17-11-5-4-6-12(16-11)19-3;1-8(2)13-11(15)5-12(19-13)14(18)17-10-4-9(3)6-16-7-10;1-7(2)11-8(13)6-9(18-11)12(17)14-10-4-5-16(3)15-10;1-6-9(12)3-10(17-6)11(16)15-8-4-13-7(2)14-5-8;1-2/h4-9H,1-3H3,(H,19,20);4-8H,1-3H3,(H,16,17,18);4-8H,1-3H3,(H,17,18);4-7H,1-3H3,(H,14,15,17);3-5H,1-2H3,(H,15,16);1-2H3. The molecule has 5 amide bonds. The van der Waals surface area contributed by atoms with Crippen LogP contribution in [0.25, 0.3) is 11.0 Å². The Morgan fingerprint density at radius 2 is 0.939 bits per heavy atom. The molecule has 28 heteroatoms. The van der Waals surface area contributed by atoms with Gasteiger partial charge in [-0.2, -0.15) is 10.1 Å². The minimum Gasteiger partial charge on any atom is -0.481 e. The van der Waals surface area contributed by atoms with Crippen molar-refractivity contribution < 1.29 is 33.1 Å². The fourth-order valence-electron chi connectivity index (χ4n) is 8.50. The third kappa shape index (κ3) is 23.0. The van der Waals surface area contributed by atoms with Gasteiger partial charge in [-0.3, -0.25) is 33.6 Å². The Labute approximate surface area is 615 Å². The second-order valence-corrected chi connectivity index (χ2v) is 30.1. The summed E-state index contributed by atoms with van der Waals surface area (Å²) in [6, 6.07) is 25.0. The minimum absolute atomic E-state index is 0.147. The van der Waals surface area contributed by atoms with E-state index in [1.807, 2.05) is 78.8 Å². The van der Waals surface area contributed by atoms with Crippen LogP contribution in [0, 0.1) is 27.7 Å². The largest absolute Gasteiger partial charge is 0.481 e. The topological polar surface area (TPSA) is 237 Å². The van der Waals surface area contributed by atoms with Gasteiger partial charge in [0.25, 0.3) is 29.5 Å². The third-order valence-corrected chi connectivity index (χ3v) is 22.1.